The molecule has 2 heteroatoms. The second kappa shape index (κ2) is 6.21. The quantitative estimate of drug-likeness (QED) is 0.900. The van der Waals surface area contributed by atoms with Crippen LogP contribution in [0.15, 0.2) is 54.6 Å². The molecule has 2 rings (SSSR count). The van der Waals surface area contributed by atoms with Crippen molar-refractivity contribution in [3.63, 3.8) is 0 Å². The Morgan fingerprint density at radius 2 is 1.60 bits per heavy atom. The van der Waals surface area contributed by atoms with Crippen LogP contribution in [-0.4, -0.2) is 23.6 Å². The Labute approximate surface area is 121 Å². The zero-order valence-electron chi connectivity index (χ0n) is 12.5. The number of rotatable bonds is 5. The highest BCUT2D eigenvalue weighted by Crippen LogP contribution is 2.22. The lowest BCUT2D eigenvalue weighted by Crippen LogP contribution is -2.36. The van der Waals surface area contributed by atoms with E-state index in [0.717, 1.165) is 12.1 Å². The fourth-order valence-corrected chi connectivity index (χ4v) is 2.55. The van der Waals surface area contributed by atoms with E-state index >= 15 is 0 Å². The van der Waals surface area contributed by atoms with E-state index in [-0.39, 0.29) is 0 Å². The number of aryl methyl sites for hydroxylation is 1. The third-order valence-electron chi connectivity index (χ3n) is 3.68. The molecule has 0 spiro atoms. The number of aliphatic hydroxyl groups is 1. The van der Waals surface area contributed by atoms with E-state index in [4.69, 9.17) is 0 Å². The normalized spacial score (nSPS) is 14.2. The minimum Gasteiger partial charge on any atom is -0.384 e. The smallest absolute Gasteiger partial charge is 0.0994 e. The van der Waals surface area contributed by atoms with Gasteiger partial charge in [0.1, 0.15) is 0 Å². The number of hydrogen-bond acceptors (Lipinski definition) is 2. The van der Waals surface area contributed by atoms with Gasteiger partial charge in [-0.05, 0) is 37.6 Å². The van der Waals surface area contributed by atoms with Crippen LogP contribution < -0.4 is 0 Å². The molecule has 0 saturated carbocycles. The van der Waals surface area contributed by atoms with Crippen LogP contribution in [0, 0.1) is 6.92 Å². The Hall–Kier alpha value is -1.64. The Balaban J connectivity index is 2.04. The van der Waals surface area contributed by atoms with Gasteiger partial charge in [0.15, 0.2) is 0 Å². The molecule has 106 valence electrons. The van der Waals surface area contributed by atoms with Crippen LogP contribution in [-0.2, 0) is 12.1 Å². The summed E-state index contributed by atoms with van der Waals surface area (Å²) in [6.45, 7) is 5.44. The predicted octanol–water partition coefficient (Wildman–Crippen LogP) is 3.33. The molecule has 2 aromatic carbocycles. The predicted molar refractivity (Wildman–Crippen MR) is 83.5 cm³/mol. The number of nitrogens with zero attached hydrogens (tertiary/aromatic N) is 1. The fourth-order valence-electron chi connectivity index (χ4n) is 2.55. The van der Waals surface area contributed by atoms with Crippen molar-refractivity contribution < 1.29 is 5.11 Å². The van der Waals surface area contributed by atoms with Gasteiger partial charge in [0.2, 0.25) is 0 Å². The average molecular weight is 269 g/mol. The Bertz CT molecular complexity index is 548. The second-order valence-electron chi connectivity index (χ2n) is 5.74. The van der Waals surface area contributed by atoms with Crippen LogP contribution >= 0.6 is 0 Å². The van der Waals surface area contributed by atoms with Crippen LogP contribution in [0.2, 0.25) is 0 Å². The third kappa shape index (κ3) is 3.69. The summed E-state index contributed by atoms with van der Waals surface area (Å²) in [6, 6.07) is 18.2. The average Bonchev–Trinajstić information content (AvgIpc) is 2.42. The number of likely N-dealkylation sites (N-methyl/N-ethyl adjacent to an activating group) is 1. The molecule has 0 aliphatic rings. The van der Waals surface area contributed by atoms with Gasteiger partial charge in [-0.3, -0.25) is 4.90 Å². The van der Waals surface area contributed by atoms with Crippen molar-refractivity contribution in [1.29, 1.82) is 0 Å². The van der Waals surface area contributed by atoms with Crippen LogP contribution in [0.25, 0.3) is 0 Å². The molecule has 0 bridgehead atoms. The molecule has 1 N–H and O–H groups in total. The minimum atomic E-state index is -0.835. The first-order valence-corrected chi connectivity index (χ1v) is 7.00. The van der Waals surface area contributed by atoms with Gasteiger partial charge >= 0.3 is 0 Å². The highest BCUT2D eigenvalue weighted by molar-refractivity contribution is 5.26. The van der Waals surface area contributed by atoms with Gasteiger partial charge in [-0.2, -0.15) is 0 Å². The summed E-state index contributed by atoms with van der Waals surface area (Å²) in [4.78, 5) is 2.16. The topological polar surface area (TPSA) is 23.5 Å². The largest absolute Gasteiger partial charge is 0.384 e. The zero-order chi connectivity index (χ0) is 14.6. The molecule has 0 radical (unpaired) electrons. The summed E-state index contributed by atoms with van der Waals surface area (Å²) in [5, 5.41) is 10.7. The molecule has 0 aromatic heterocycles. The molecule has 0 fully saturated rings. The van der Waals surface area contributed by atoms with Gasteiger partial charge in [-0.15, -0.1) is 0 Å². The van der Waals surface area contributed by atoms with Gasteiger partial charge in [0.05, 0.1) is 5.60 Å². The van der Waals surface area contributed by atoms with Gasteiger partial charge in [0.25, 0.3) is 0 Å². The summed E-state index contributed by atoms with van der Waals surface area (Å²) in [6.07, 6.45) is 0. The third-order valence-corrected chi connectivity index (χ3v) is 3.68. The summed E-state index contributed by atoms with van der Waals surface area (Å²) in [7, 11) is 2.05. The van der Waals surface area contributed by atoms with E-state index in [1.807, 2.05) is 44.3 Å². The van der Waals surface area contributed by atoms with Crippen molar-refractivity contribution in [3.8, 4) is 0 Å². The molecule has 0 heterocycles. The molecule has 0 aliphatic carbocycles. The maximum Gasteiger partial charge on any atom is 0.0994 e. The van der Waals surface area contributed by atoms with E-state index in [0.29, 0.717) is 6.54 Å². The van der Waals surface area contributed by atoms with Crippen molar-refractivity contribution in [1.82, 2.24) is 4.90 Å². The van der Waals surface area contributed by atoms with Crippen LogP contribution in [0.5, 0.6) is 0 Å². The van der Waals surface area contributed by atoms with Gasteiger partial charge < -0.3 is 5.11 Å². The Morgan fingerprint density at radius 1 is 1.00 bits per heavy atom. The van der Waals surface area contributed by atoms with Crippen LogP contribution in [0.4, 0.5) is 0 Å². The molecule has 1 unspecified atom stereocenters. The maximum atomic E-state index is 10.7. The Morgan fingerprint density at radius 3 is 2.25 bits per heavy atom. The molecular formula is C18H23NO. The molecule has 0 saturated heterocycles. The molecular weight excluding hydrogens is 246 g/mol. The first-order chi connectivity index (χ1) is 9.49. The number of benzene rings is 2. The summed E-state index contributed by atoms with van der Waals surface area (Å²) >= 11 is 0. The summed E-state index contributed by atoms with van der Waals surface area (Å²) < 4.78 is 0. The minimum absolute atomic E-state index is 0.603. The molecule has 0 aliphatic heterocycles. The molecule has 2 nitrogen and oxygen atoms in total. The monoisotopic (exact) mass is 269 g/mol. The first kappa shape index (κ1) is 14.8. The molecule has 20 heavy (non-hydrogen) atoms. The lowest BCUT2D eigenvalue weighted by atomic mass is 9.95. The number of hydrogen-bond donors (Lipinski definition) is 1. The zero-order valence-corrected chi connectivity index (χ0v) is 12.5. The lowest BCUT2D eigenvalue weighted by molar-refractivity contribution is 0.0213. The standard InChI is InChI=1S/C18H23NO/c1-15-9-7-8-10-16(15)13-19(3)14-18(2,20)17-11-5-4-6-12-17/h4-12,20H,13-14H2,1-3H3. The van der Waals surface area contributed by atoms with Crippen LogP contribution in [0.1, 0.15) is 23.6 Å². The van der Waals surface area contributed by atoms with Crippen molar-refractivity contribution in [2.75, 3.05) is 13.6 Å². The maximum absolute atomic E-state index is 10.7. The van der Waals surface area contributed by atoms with Crippen molar-refractivity contribution in [2.45, 2.75) is 26.0 Å². The molecule has 2 aromatic rings. The highest BCUT2D eigenvalue weighted by Gasteiger charge is 2.24. The fraction of sp³-hybridized carbons (Fsp3) is 0.333. The second-order valence-corrected chi connectivity index (χ2v) is 5.74. The van der Waals surface area contributed by atoms with Gasteiger partial charge in [-0.25, -0.2) is 0 Å². The van der Waals surface area contributed by atoms with Crippen molar-refractivity contribution in [2.24, 2.45) is 0 Å². The first-order valence-electron chi connectivity index (χ1n) is 7.00. The van der Waals surface area contributed by atoms with E-state index in [9.17, 15) is 5.11 Å². The summed E-state index contributed by atoms with van der Waals surface area (Å²) in [5.74, 6) is 0. The molecule has 0 amide bonds. The highest BCUT2D eigenvalue weighted by atomic mass is 16.3. The van der Waals surface area contributed by atoms with E-state index in [1.54, 1.807) is 0 Å². The van der Waals surface area contributed by atoms with Gasteiger partial charge in [0, 0.05) is 13.1 Å². The van der Waals surface area contributed by atoms with E-state index in [1.165, 1.54) is 11.1 Å². The van der Waals surface area contributed by atoms with E-state index in [2.05, 4.69) is 36.1 Å². The Kier molecular flexibility index (Phi) is 4.58. The summed E-state index contributed by atoms with van der Waals surface area (Å²) in [5.41, 5.74) is 2.72. The van der Waals surface area contributed by atoms with E-state index < -0.39 is 5.60 Å². The van der Waals surface area contributed by atoms with Gasteiger partial charge in [-0.1, -0.05) is 54.6 Å². The molecule has 1 atom stereocenters. The van der Waals surface area contributed by atoms with Crippen molar-refractivity contribution >= 4 is 0 Å². The van der Waals surface area contributed by atoms with Crippen LogP contribution in [0.3, 0.4) is 0 Å². The SMILES string of the molecule is Cc1ccccc1CN(C)CC(C)(O)c1ccccc1. The van der Waals surface area contributed by atoms with Crippen molar-refractivity contribution in [3.05, 3.63) is 71.3 Å². The lowest BCUT2D eigenvalue weighted by Gasteiger charge is -2.30.